The Morgan fingerprint density at radius 2 is 1.93 bits per heavy atom. The first kappa shape index (κ1) is 10.5. The summed E-state index contributed by atoms with van der Waals surface area (Å²) >= 11 is 0. The number of nitrogens with one attached hydrogen (secondary N) is 1. The van der Waals surface area contributed by atoms with E-state index >= 15 is 0 Å². The van der Waals surface area contributed by atoms with E-state index in [2.05, 4.69) is 22.3 Å². The molecule has 15 heavy (non-hydrogen) atoms. The van der Waals surface area contributed by atoms with Crippen molar-refractivity contribution < 1.29 is 0 Å². The van der Waals surface area contributed by atoms with Crippen molar-refractivity contribution in [2.75, 3.05) is 31.9 Å². The van der Waals surface area contributed by atoms with Crippen LogP contribution in [0.2, 0.25) is 0 Å². The highest BCUT2D eigenvalue weighted by molar-refractivity contribution is 5.39. The molecule has 0 amide bonds. The second kappa shape index (κ2) is 5.14. The molecule has 3 N–H and O–H groups in total. The molecular formula is C12H19N3. The third-order valence-electron chi connectivity index (χ3n) is 2.82. The van der Waals surface area contributed by atoms with Gasteiger partial charge in [-0.3, -0.25) is 4.90 Å². The molecule has 1 heterocycles. The SMILES string of the molecule is Nc1ccc(CN2CCCNCC2)cc1. The predicted molar refractivity (Wildman–Crippen MR) is 63.6 cm³/mol. The van der Waals surface area contributed by atoms with Gasteiger partial charge in [0, 0.05) is 25.3 Å². The Labute approximate surface area is 91.3 Å². The molecule has 1 saturated heterocycles. The zero-order chi connectivity index (χ0) is 10.5. The molecule has 0 aromatic heterocycles. The van der Waals surface area contributed by atoms with E-state index in [1.165, 1.54) is 18.5 Å². The molecule has 0 bridgehead atoms. The molecule has 0 aliphatic carbocycles. The van der Waals surface area contributed by atoms with Gasteiger partial charge in [-0.15, -0.1) is 0 Å². The first-order valence-electron chi connectivity index (χ1n) is 5.62. The molecule has 1 aromatic carbocycles. The van der Waals surface area contributed by atoms with E-state index < -0.39 is 0 Å². The Kier molecular flexibility index (Phi) is 3.59. The van der Waals surface area contributed by atoms with Crippen molar-refractivity contribution in [2.45, 2.75) is 13.0 Å². The van der Waals surface area contributed by atoms with Crippen molar-refractivity contribution in [1.29, 1.82) is 0 Å². The van der Waals surface area contributed by atoms with Gasteiger partial charge in [0.1, 0.15) is 0 Å². The zero-order valence-electron chi connectivity index (χ0n) is 9.08. The number of anilines is 1. The lowest BCUT2D eigenvalue weighted by Crippen LogP contribution is -2.27. The molecule has 1 aliphatic heterocycles. The van der Waals surface area contributed by atoms with E-state index in [0.29, 0.717) is 0 Å². The summed E-state index contributed by atoms with van der Waals surface area (Å²) in [4.78, 5) is 2.49. The second-order valence-corrected chi connectivity index (χ2v) is 4.12. The van der Waals surface area contributed by atoms with Gasteiger partial charge >= 0.3 is 0 Å². The van der Waals surface area contributed by atoms with Crippen molar-refractivity contribution in [1.82, 2.24) is 10.2 Å². The third kappa shape index (κ3) is 3.22. The average Bonchev–Trinajstić information content (AvgIpc) is 2.50. The van der Waals surface area contributed by atoms with Crippen molar-refractivity contribution in [2.24, 2.45) is 0 Å². The quantitative estimate of drug-likeness (QED) is 0.709. The lowest BCUT2D eigenvalue weighted by atomic mass is 10.2. The van der Waals surface area contributed by atoms with Crippen LogP contribution in [-0.4, -0.2) is 31.1 Å². The van der Waals surface area contributed by atoms with Gasteiger partial charge in [0.15, 0.2) is 0 Å². The number of nitrogens with zero attached hydrogens (tertiary/aromatic N) is 1. The van der Waals surface area contributed by atoms with E-state index in [1.54, 1.807) is 0 Å². The van der Waals surface area contributed by atoms with Crippen LogP contribution >= 0.6 is 0 Å². The Bertz CT molecular complexity index is 286. The molecule has 0 unspecified atom stereocenters. The summed E-state index contributed by atoms with van der Waals surface area (Å²) in [6.45, 7) is 5.64. The number of rotatable bonds is 2. The van der Waals surface area contributed by atoms with Crippen LogP contribution in [0.5, 0.6) is 0 Å². The molecule has 0 radical (unpaired) electrons. The Balaban J connectivity index is 1.92. The summed E-state index contributed by atoms with van der Waals surface area (Å²) in [5, 5.41) is 3.41. The molecule has 1 aliphatic rings. The van der Waals surface area contributed by atoms with E-state index in [9.17, 15) is 0 Å². The minimum atomic E-state index is 0.844. The first-order valence-corrected chi connectivity index (χ1v) is 5.62. The number of nitrogens with two attached hydrogens (primary N) is 1. The monoisotopic (exact) mass is 205 g/mol. The molecule has 0 atom stereocenters. The number of benzene rings is 1. The van der Waals surface area contributed by atoms with Gasteiger partial charge in [-0.1, -0.05) is 12.1 Å². The van der Waals surface area contributed by atoms with Crippen LogP contribution in [0.4, 0.5) is 5.69 Å². The van der Waals surface area contributed by atoms with Gasteiger partial charge < -0.3 is 11.1 Å². The molecule has 82 valence electrons. The zero-order valence-corrected chi connectivity index (χ0v) is 9.08. The van der Waals surface area contributed by atoms with E-state index in [4.69, 9.17) is 5.73 Å². The normalized spacial score (nSPS) is 18.7. The molecular weight excluding hydrogens is 186 g/mol. The molecule has 3 heteroatoms. The number of hydrogen-bond acceptors (Lipinski definition) is 3. The fourth-order valence-corrected chi connectivity index (χ4v) is 1.94. The van der Waals surface area contributed by atoms with Gasteiger partial charge in [-0.25, -0.2) is 0 Å². The maximum absolute atomic E-state index is 5.66. The molecule has 1 fully saturated rings. The fraction of sp³-hybridized carbons (Fsp3) is 0.500. The Morgan fingerprint density at radius 1 is 1.13 bits per heavy atom. The van der Waals surface area contributed by atoms with Gasteiger partial charge in [-0.2, -0.15) is 0 Å². The van der Waals surface area contributed by atoms with Gasteiger partial charge in [0.25, 0.3) is 0 Å². The van der Waals surface area contributed by atoms with E-state index in [-0.39, 0.29) is 0 Å². The predicted octanol–water partition coefficient (Wildman–Crippen LogP) is 1.06. The lowest BCUT2D eigenvalue weighted by Gasteiger charge is -2.19. The summed E-state index contributed by atoms with van der Waals surface area (Å²) in [5.41, 5.74) is 7.86. The van der Waals surface area contributed by atoms with Crippen LogP contribution in [0.3, 0.4) is 0 Å². The standard InChI is InChI=1S/C12H19N3/c13-12-4-2-11(3-5-12)10-15-8-1-6-14-7-9-15/h2-5,14H,1,6-10,13H2. The van der Waals surface area contributed by atoms with Gasteiger partial charge in [-0.05, 0) is 37.2 Å². The van der Waals surface area contributed by atoms with Gasteiger partial charge in [0.2, 0.25) is 0 Å². The molecule has 0 saturated carbocycles. The first-order chi connectivity index (χ1) is 7.34. The smallest absolute Gasteiger partial charge is 0.0314 e. The van der Waals surface area contributed by atoms with Crippen molar-refractivity contribution >= 4 is 5.69 Å². The van der Waals surface area contributed by atoms with Crippen LogP contribution in [0.1, 0.15) is 12.0 Å². The Morgan fingerprint density at radius 3 is 2.73 bits per heavy atom. The minimum absolute atomic E-state index is 0.844. The average molecular weight is 205 g/mol. The van der Waals surface area contributed by atoms with Crippen LogP contribution in [0.15, 0.2) is 24.3 Å². The van der Waals surface area contributed by atoms with Crippen LogP contribution in [0, 0.1) is 0 Å². The van der Waals surface area contributed by atoms with Crippen LogP contribution in [0.25, 0.3) is 0 Å². The second-order valence-electron chi connectivity index (χ2n) is 4.12. The highest BCUT2D eigenvalue weighted by Crippen LogP contribution is 2.09. The highest BCUT2D eigenvalue weighted by Gasteiger charge is 2.08. The summed E-state index contributed by atoms with van der Waals surface area (Å²) in [7, 11) is 0. The topological polar surface area (TPSA) is 41.3 Å². The number of hydrogen-bond donors (Lipinski definition) is 2. The molecule has 0 spiro atoms. The van der Waals surface area contributed by atoms with Crippen LogP contribution in [-0.2, 0) is 6.54 Å². The summed E-state index contributed by atoms with van der Waals surface area (Å²) in [5.74, 6) is 0. The van der Waals surface area contributed by atoms with Crippen molar-refractivity contribution in [3.63, 3.8) is 0 Å². The maximum Gasteiger partial charge on any atom is 0.0314 e. The minimum Gasteiger partial charge on any atom is -0.399 e. The van der Waals surface area contributed by atoms with Crippen LogP contribution < -0.4 is 11.1 Å². The van der Waals surface area contributed by atoms with Gasteiger partial charge in [0.05, 0.1) is 0 Å². The highest BCUT2D eigenvalue weighted by atomic mass is 15.1. The van der Waals surface area contributed by atoms with Crippen molar-refractivity contribution in [3.8, 4) is 0 Å². The summed E-state index contributed by atoms with van der Waals surface area (Å²) in [6.07, 6.45) is 1.25. The largest absolute Gasteiger partial charge is 0.399 e. The lowest BCUT2D eigenvalue weighted by molar-refractivity contribution is 0.284. The van der Waals surface area contributed by atoms with E-state index in [0.717, 1.165) is 31.9 Å². The fourth-order valence-electron chi connectivity index (χ4n) is 1.94. The molecule has 1 aromatic rings. The summed E-state index contributed by atoms with van der Waals surface area (Å²) in [6, 6.07) is 8.19. The van der Waals surface area contributed by atoms with E-state index in [1.807, 2.05) is 12.1 Å². The maximum atomic E-state index is 5.66. The number of nitrogen functional groups attached to an aromatic ring is 1. The summed E-state index contributed by atoms with van der Waals surface area (Å²) < 4.78 is 0. The Hall–Kier alpha value is -1.06. The molecule has 2 rings (SSSR count). The third-order valence-corrected chi connectivity index (χ3v) is 2.82. The van der Waals surface area contributed by atoms with Crippen molar-refractivity contribution in [3.05, 3.63) is 29.8 Å². The molecule has 3 nitrogen and oxygen atoms in total.